The van der Waals surface area contributed by atoms with Gasteiger partial charge in [0.15, 0.2) is 0 Å². The molecule has 132 valence electrons. The van der Waals surface area contributed by atoms with E-state index >= 15 is 0 Å². The molecule has 2 rings (SSSR count). The molecule has 6 heteroatoms. The van der Waals surface area contributed by atoms with E-state index in [0.717, 1.165) is 5.56 Å². The van der Waals surface area contributed by atoms with Crippen molar-refractivity contribution in [1.29, 1.82) is 0 Å². The summed E-state index contributed by atoms with van der Waals surface area (Å²) < 4.78 is 5.21. The number of para-hydroxylation sites is 2. The van der Waals surface area contributed by atoms with Crippen LogP contribution in [0.2, 0.25) is 5.02 Å². The molecule has 0 aliphatic rings. The van der Waals surface area contributed by atoms with Gasteiger partial charge in [0.2, 0.25) is 11.8 Å². The van der Waals surface area contributed by atoms with Crippen LogP contribution < -0.4 is 15.0 Å². The maximum absolute atomic E-state index is 12.2. The third-order valence-electron chi connectivity index (χ3n) is 3.79. The van der Waals surface area contributed by atoms with Gasteiger partial charge >= 0.3 is 0 Å². The van der Waals surface area contributed by atoms with Crippen LogP contribution in [-0.4, -0.2) is 25.5 Å². The number of nitrogens with one attached hydrogen (secondary N) is 1. The normalized spacial score (nSPS) is 10.2. The van der Waals surface area contributed by atoms with Gasteiger partial charge in [0.25, 0.3) is 0 Å². The predicted octanol–water partition coefficient (Wildman–Crippen LogP) is 4.04. The van der Waals surface area contributed by atoms with Crippen molar-refractivity contribution in [2.45, 2.75) is 20.3 Å². The number of methoxy groups -OCH3 is 1. The SMILES string of the molecule is COc1ccccc1NC(=O)CCN(C(C)=O)c1ccc(C)c(Cl)c1. The first kappa shape index (κ1) is 18.8. The number of rotatable bonds is 6. The fourth-order valence-electron chi connectivity index (χ4n) is 2.39. The van der Waals surface area contributed by atoms with E-state index in [4.69, 9.17) is 16.3 Å². The summed E-state index contributed by atoms with van der Waals surface area (Å²) in [5.74, 6) is 0.239. The van der Waals surface area contributed by atoms with Crippen LogP contribution in [-0.2, 0) is 9.59 Å². The molecule has 1 N–H and O–H groups in total. The number of hydrogen-bond donors (Lipinski definition) is 1. The average Bonchev–Trinajstić information content (AvgIpc) is 2.58. The van der Waals surface area contributed by atoms with Crippen LogP contribution in [0.4, 0.5) is 11.4 Å². The average molecular weight is 361 g/mol. The zero-order chi connectivity index (χ0) is 18.4. The number of halogens is 1. The van der Waals surface area contributed by atoms with E-state index in [1.807, 2.05) is 31.2 Å². The molecule has 0 aliphatic carbocycles. The van der Waals surface area contributed by atoms with E-state index in [-0.39, 0.29) is 24.8 Å². The van der Waals surface area contributed by atoms with E-state index < -0.39 is 0 Å². The van der Waals surface area contributed by atoms with E-state index in [1.54, 1.807) is 25.3 Å². The van der Waals surface area contributed by atoms with Crippen molar-refractivity contribution in [3.05, 3.63) is 53.1 Å². The molecule has 0 radical (unpaired) electrons. The lowest BCUT2D eigenvalue weighted by atomic mass is 10.2. The van der Waals surface area contributed by atoms with Crippen molar-refractivity contribution in [2.75, 3.05) is 23.9 Å². The van der Waals surface area contributed by atoms with E-state index in [0.29, 0.717) is 22.1 Å². The summed E-state index contributed by atoms with van der Waals surface area (Å²) in [6, 6.07) is 12.6. The Morgan fingerprint density at radius 1 is 1.20 bits per heavy atom. The minimum Gasteiger partial charge on any atom is -0.495 e. The first-order valence-corrected chi connectivity index (χ1v) is 8.27. The van der Waals surface area contributed by atoms with Crippen molar-refractivity contribution in [3.63, 3.8) is 0 Å². The lowest BCUT2D eigenvalue weighted by Crippen LogP contribution is -2.32. The molecule has 2 amide bonds. The smallest absolute Gasteiger partial charge is 0.226 e. The number of benzene rings is 2. The van der Waals surface area contributed by atoms with Gasteiger partial charge in [0, 0.05) is 30.6 Å². The highest BCUT2D eigenvalue weighted by atomic mass is 35.5. The minimum absolute atomic E-state index is 0.148. The van der Waals surface area contributed by atoms with Crippen molar-refractivity contribution in [2.24, 2.45) is 0 Å². The summed E-state index contributed by atoms with van der Waals surface area (Å²) in [4.78, 5) is 25.7. The van der Waals surface area contributed by atoms with Gasteiger partial charge in [-0.25, -0.2) is 0 Å². The Bertz CT molecular complexity index is 777. The Kier molecular flexibility index (Phi) is 6.42. The summed E-state index contributed by atoms with van der Waals surface area (Å²) in [6.07, 6.45) is 0.156. The maximum atomic E-state index is 12.2. The lowest BCUT2D eigenvalue weighted by molar-refractivity contribution is -0.117. The monoisotopic (exact) mass is 360 g/mol. The first-order valence-electron chi connectivity index (χ1n) is 7.89. The molecule has 5 nitrogen and oxygen atoms in total. The second-order valence-corrected chi connectivity index (χ2v) is 6.01. The number of carbonyl (C=O) groups excluding carboxylic acids is 2. The molecule has 0 fully saturated rings. The second-order valence-electron chi connectivity index (χ2n) is 5.60. The molecule has 2 aromatic rings. The van der Waals surface area contributed by atoms with Crippen molar-refractivity contribution in [3.8, 4) is 5.75 Å². The van der Waals surface area contributed by atoms with Crippen LogP contribution >= 0.6 is 11.6 Å². The van der Waals surface area contributed by atoms with Gasteiger partial charge in [-0.1, -0.05) is 29.8 Å². The molecule has 0 bridgehead atoms. The van der Waals surface area contributed by atoms with Gasteiger partial charge in [0.05, 0.1) is 12.8 Å². The number of hydrogen-bond acceptors (Lipinski definition) is 3. The fraction of sp³-hybridized carbons (Fsp3) is 0.263. The van der Waals surface area contributed by atoms with E-state index in [1.165, 1.54) is 11.8 Å². The van der Waals surface area contributed by atoms with Gasteiger partial charge in [-0.2, -0.15) is 0 Å². The van der Waals surface area contributed by atoms with Gasteiger partial charge in [-0.05, 0) is 36.8 Å². The maximum Gasteiger partial charge on any atom is 0.226 e. The highest BCUT2D eigenvalue weighted by Crippen LogP contribution is 2.25. The molecule has 0 unspecified atom stereocenters. The number of aryl methyl sites for hydroxylation is 1. The van der Waals surface area contributed by atoms with Crippen LogP contribution in [0.3, 0.4) is 0 Å². The fourth-order valence-corrected chi connectivity index (χ4v) is 2.57. The number of nitrogens with zero attached hydrogens (tertiary/aromatic N) is 1. The lowest BCUT2D eigenvalue weighted by Gasteiger charge is -2.21. The quantitative estimate of drug-likeness (QED) is 0.845. The van der Waals surface area contributed by atoms with Crippen molar-refractivity contribution < 1.29 is 14.3 Å². The molecule has 0 aromatic heterocycles. The number of carbonyl (C=O) groups is 2. The number of amides is 2. The molecule has 0 aliphatic heterocycles. The summed E-state index contributed by atoms with van der Waals surface area (Å²) >= 11 is 6.13. The van der Waals surface area contributed by atoms with Crippen LogP contribution in [0.5, 0.6) is 5.75 Å². The Hall–Kier alpha value is -2.53. The van der Waals surface area contributed by atoms with Gasteiger partial charge in [0.1, 0.15) is 5.75 Å². The molecule has 0 saturated carbocycles. The summed E-state index contributed by atoms with van der Waals surface area (Å²) in [7, 11) is 1.55. The summed E-state index contributed by atoms with van der Waals surface area (Å²) in [5.41, 5.74) is 2.21. The molecular formula is C19H21ClN2O3. The zero-order valence-electron chi connectivity index (χ0n) is 14.5. The Balaban J connectivity index is 2.04. The summed E-state index contributed by atoms with van der Waals surface area (Å²) in [5, 5.41) is 3.39. The predicted molar refractivity (Wildman–Crippen MR) is 100 cm³/mol. The Labute approximate surface area is 152 Å². The number of ether oxygens (including phenoxy) is 1. The van der Waals surface area contributed by atoms with E-state index in [9.17, 15) is 9.59 Å². The largest absolute Gasteiger partial charge is 0.495 e. The number of anilines is 2. The van der Waals surface area contributed by atoms with Gasteiger partial charge in [-0.3, -0.25) is 9.59 Å². The third-order valence-corrected chi connectivity index (χ3v) is 4.20. The first-order chi connectivity index (χ1) is 11.9. The van der Waals surface area contributed by atoms with Crippen LogP contribution in [0.15, 0.2) is 42.5 Å². The molecule has 0 spiro atoms. The van der Waals surface area contributed by atoms with Gasteiger partial charge < -0.3 is 15.0 Å². The van der Waals surface area contributed by atoms with Crippen molar-refractivity contribution >= 4 is 34.8 Å². The van der Waals surface area contributed by atoms with Gasteiger partial charge in [-0.15, -0.1) is 0 Å². The molecule has 0 atom stereocenters. The molecular weight excluding hydrogens is 340 g/mol. The zero-order valence-corrected chi connectivity index (χ0v) is 15.3. The summed E-state index contributed by atoms with van der Waals surface area (Å²) in [6.45, 7) is 3.62. The second kappa shape index (κ2) is 8.53. The molecule has 0 heterocycles. The van der Waals surface area contributed by atoms with Crippen LogP contribution in [0.25, 0.3) is 0 Å². The third kappa shape index (κ3) is 4.97. The van der Waals surface area contributed by atoms with E-state index in [2.05, 4.69) is 5.32 Å². The highest BCUT2D eigenvalue weighted by molar-refractivity contribution is 6.31. The highest BCUT2D eigenvalue weighted by Gasteiger charge is 2.15. The van der Waals surface area contributed by atoms with Crippen LogP contribution in [0, 0.1) is 6.92 Å². The molecule has 0 saturated heterocycles. The van der Waals surface area contributed by atoms with Crippen molar-refractivity contribution in [1.82, 2.24) is 0 Å². The van der Waals surface area contributed by atoms with Crippen LogP contribution in [0.1, 0.15) is 18.9 Å². The Morgan fingerprint density at radius 2 is 1.92 bits per heavy atom. The molecule has 2 aromatic carbocycles. The Morgan fingerprint density at radius 3 is 2.56 bits per heavy atom. The minimum atomic E-state index is -0.200. The topological polar surface area (TPSA) is 58.6 Å². The standard InChI is InChI=1S/C19H21ClN2O3/c1-13-8-9-15(12-16(13)20)22(14(2)23)11-10-19(24)21-17-6-4-5-7-18(17)25-3/h4-9,12H,10-11H2,1-3H3,(H,21,24). The molecule has 25 heavy (non-hydrogen) atoms.